The Morgan fingerprint density at radius 1 is 1.00 bits per heavy atom. The number of carbonyl (C=O) groups excluding carboxylic acids is 1. The van der Waals surface area contributed by atoms with Crippen LogP contribution in [0.15, 0.2) is 78.7 Å². The van der Waals surface area contributed by atoms with Crippen molar-refractivity contribution in [2.24, 2.45) is 4.99 Å². The second-order valence-corrected chi connectivity index (χ2v) is 10.8. The normalized spacial score (nSPS) is 14.5. The largest absolute Gasteiger partial charge is 0.487 e. The second kappa shape index (κ2) is 10.2. The van der Waals surface area contributed by atoms with E-state index in [9.17, 15) is 4.79 Å². The van der Waals surface area contributed by atoms with Crippen LogP contribution in [0.3, 0.4) is 0 Å². The van der Waals surface area contributed by atoms with Crippen LogP contribution < -0.4 is 4.74 Å². The number of halogens is 4. The molecule has 1 aliphatic heterocycles. The lowest BCUT2D eigenvalue weighted by atomic mass is 10.1. The molecule has 0 saturated carbocycles. The van der Waals surface area contributed by atoms with Gasteiger partial charge in [0.1, 0.15) is 12.4 Å². The Labute approximate surface area is 224 Å². The van der Waals surface area contributed by atoms with Gasteiger partial charge >= 0.3 is 5.97 Å². The summed E-state index contributed by atoms with van der Waals surface area (Å²) in [7, 11) is 0. The number of rotatable bonds is 5. The average molecular weight is 732 g/mol. The molecule has 0 radical (unpaired) electrons. The van der Waals surface area contributed by atoms with Crippen LogP contribution in [0.4, 0.5) is 0 Å². The number of benzene rings is 3. The van der Waals surface area contributed by atoms with Crippen molar-refractivity contribution in [2.75, 3.05) is 0 Å². The Morgan fingerprint density at radius 2 is 1.69 bits per heavy atom. The Bertz CT molecular complexity index is 1250. The summed E-state index contributed by atoms with van der Waals surface area (Å²) in [5.74, 6) is 0.491. The lowest BCUT2D eigenvalue weighted by Gasteiger charge is -2.11. The standard InChI is InChI=1S/C24H15Br3INO3/c1-13-2-4-14(5-3-13)12-31-22-18(26)8-15(9-19(22)27)10-21-24(30)32-23(29-21)16-6-7-20(28)17(25)11-16/h2-11H,12H2,1H3/b21-10-. The molecule has 0 amide bonds. The molecule has 3 aromatic rings. The predicted octanol–water partition coefficient (Wildman–Crippen LogP) is 7.81. The molecule has 1 aliphatic rings. The minimum atomic E-state index is -0.485. The monoisotopic (exact) mass is 729 g/mol. The van der Waals surface area contributed by atoms with Gasteiger partial charge in [-0.15, -0.1) is 0 Å². The summed E-state index contributed by atoms with van der Waals surface area (Å²) in [5.41, 5.74) is 4.04. The summed E-state index contributed by atoms with van der Waals surface area (Å²) in [4.78, 5) is 16.8. The van der Waals surface area contributed by atoms with E-state index < -0.39 is 5.97 Å². The number of aliphatic imine (C=N–C) groups is 1. The van der Waals surface area contributed by atoms with E-state index in [-0.39, 0.29) is 11.6 Å². The minimum Gasteiger partial charge on any atom is -0.487 e. The van der Waals surface area contributed by atoms with Crippen LogP contribution in [0.25, 0.3) is 6.08 Å². The maximum atomic E-state index is 12.4. The summed E-state index contributed by atoms with van der Waals surface area (Å²) in [6.07, 6.45) is 1.69. The molecule has 0 saturated heterocycles. The molecule has 32 heavy (non-hydrogen) atoms. The van der Waals surface area contributed by atoms with Gasteiger partial charge in [0, 0.05) is 13.6 Å². The van der Waals surface area contributed by atoms with E-state index in [2.05, 4.69) is 94.4 Å². The van der Waals surface area contributed by atoms with Gasteiger partial charge in [0.05, 0.1) is 8.95 Å². The number of ether oxygens (including phenoxy) is 2. The van der Waals surface area contributed by atoms with Crippen molar-refractivity contribution in [1.82, 2.24) is 0 Å². The van der Waals surface area contributed by atoms with E-state index in [0.29, 0.717) is 12.4 Å². The summed E-state index contributed by atoms with van der Waals surface area (Å²) < 4.78 is 14.9. The molecular formula is C24H15Br3INO3. The summed E-state index contributed by atoms with van der Waals surface area (Å²) in [5, 5.41) is 0. The van der Waals surface area contributed by atoms with Crippen LogP contribution in [0.5, 0.6) is 5.75 Å². The molecule has 0 unspecified atom stereocenters. The van der Waals surface area contributed by atoms with E-state index in [1.807, 2.05) is 42.5 Å². The number of hydrogen-bond acceptors (Lipinski definition) is 4. The van der Waals surface area contributed by atoms with Crippen molar-refractivity contribution in [2.45, 2.75) is 13.5 Å². The predicted molar refractivity (Wildman–Crippen MR) is 145 cm³/mol. The molecule has 0 bridgehead atoms. The molecule has 0 spiro atoms. The molecule has 3 aromatic carbocycles. The molecule has 0 atom stereocenters. The number of hydrogen-bond donors (Lipinski definition) is 0. The van der Waals surface area contributed by atoms with Gasteiger partial charge in [-0.3, -0.25) is 0 Å². The van der Waals surface area contributed by atoms with Crippen LogP contribution in [-0.2, 0) is 16.1 Å². The third kappa shape index (κ3) is 5.52. The first kappa shape index (κ1) is 23.7. The van der Waals surface area contributed by atoms with E-state index in [0.717, 1.165) is 33.7 Å². The lowest BCUT2D eigenvalue weighted by Crippen LogP contribution is -2.05. The van der Waals surface area contributed by atoms with Crippen molar-refractivity contribution in [3.63, 3.8) is 0 Å². The van der Waals surface area contributed by atoms with E-state index in [4.69, 9.17) is 9.47 Å². The molecule has 0 aliphatic carbocycles. The van der Waals surface area contributed by atoms with Crippen molar-refractivity contribution in [1.29, 1.82) is 0 Å². The fourth-order valence-corrected chi connectivity index (χ4v) is 5.13. The van der Waals surface area contributed by atoms with Crippen LogP contribution in [0, 0.1) is 10.5 Å². The smallest absolute Gasteiger partial charge is 0.363 e. The van der Waals surface area contributed by atoms with Crippen molar-refractivity contribution >= 4 is 88.3 Å². The zero-order valence-electron chi connectivity index (χ0n) is 16.7. The molecule has 0 aromatic heterocycles. The van der Waals surface area contributed by atoms with Crippen molar-refractivity contribution in [3.8, 4) is 5.75 Å². The summed E-state index contributed by atoms with van der Waals surface area (Å²) >= 11 is 12.8. The van der Waals surface area contributed by atoms with Crippen LogP contribution in [-0.4, -0.2) is 11.9 Å². The number of aryl methyl sites for hydroxylation is 1. The first-order valence-electron chi connectivity index (χ1n) is 9.45. The highest BCUT2D eigenvalue weighted by molar-refractivity contribution is 14.1. The fourth-order valence-electron chi connectivity index (χ4n) is 2.96. The van der Waals surface area contributed by atoms with Gasteiger partial charge in [0.25, 0.3) is 0 Å². The van der Waals surface area contributed by atoms with Gasteiger partial charge in [0.2, 0.25) is 5.90 Å². The number of carbonyl (C=O) groups is 1. The maximum Gasteiger partial charge on any atom is 0.363 e. The summed E-state index contributed by atoms with van der Waals surface area (Å²) in [6, 6.07) is 17.6. The SMILES string of the molecule is Cc1ccc(COc2c(Br)cc(/C=C3\N=C(c4ccc(I)c(Br)c4)OC3=O)cc2Br)cc1. The van der Waals surface area contributed by atoms with Crippen molar-refractivity contribution in [3.05, 3.63) is 99.5 Å². The van der Waals surface area contributed by atoms with Gasteiger partial charge in [-0.25, -0.2) is 9.79 Å². The van der Waals surface area contributed by atoms with Gasteiger partial charge in [-0.2, -0.15) is 0 Å². The molecule has 0 N–H and O–H groups in total. The molecule has 4 nitrogen and oxygen atoms in total. The zero-order chi connectivity index (χ0) is 22.8. The highest BCUT2D eigenvalue weighted by atomic mass is 127. The maximum absolute atomic E-state index is 12.4. The number of esters is 1. The third-order valence-electron chi connectivity index (χ3n) is 4.61. The van der Waals surface area contributed by atoms with Gasteiger partial charge in [-0.1, -0.05) is 29.8 Å². The molecule has 8 heteroatoms. The van der Waals surface area contributed by atoms with Crippen LogP contribution in [0.1, 0.15) is 22.3 Å². The highest BCUT2D eigenvalue weighted by Gasteiger charge is 2.24. The summed E-state index contributed by atoms with van der Waals surface area (Å²) in [6.45, 7) is 2.50. The number of cyclic esters (lactones) is 1. The van der Waals surface area contributed by atoms with E-state index in [1.165, 1.54) is 5.56 Å². The Balaban J connectivity index is 1.55. The lowest BCUT2D eigenvalue weighted by molar-refractivity contribution is -0.129. The van der Waals surface area contributed by atoms with Crippen LogP contribution >= 0.6 is 70.4 Å². The third-order valence-corrected chi connectivity index (χ3v) is 8.13. The van der Waals surface area contributed by atoms with Gasteiger partial charge < -0.3 is 9.47 Å². The molecule has 4 rings (SSSR count). The quantitative estimate of drug-likeness (QED) is 0.153. The zero-order valence-corrected chi connectivity index (χ0v) is 23.6. The first-order valence-corrected chi connectivity index (χ1v) is 12.9. The second-order valence-electron chi connectivity index (χ2n) is 7.05. The fraction of sp³-hybridized carbons (Fsp3) is 0.0833. The van der Waals surface area contributed by atoms with Crippen molar-refractivity contribution < 1.29 is 14.3 Å². The minimum absolute atomic E-state index is 0.238. The van der Waals surface area contributed by atoms with Crippen LogP contribution in [0.2, 0.25) is 0 Å². The van der Waals surface area contributed by atoms with Gasteiger partial charge in [0.15, 0.2) is 5.70 Å². The first-order chi connectivity index (χ1) is 15.3. The molecule has 1 heterocycles. The average Bonchev–Trinajstić information content (AvgIpc) is 3.11. The number of nitrogens with zero attached hydrogens (tertiary/aromatic N) is 1. The Kier molecular flexibility index (Phi) is 7.54. The molecule has 0 fully saturated rings. The Morgan fingerprint density at radius 3 is 2.34 bits per heavy atom. The highest BCUT2D eigenvalue weighted by Crippen LogP contribution is 2.36. The van der Waals surface area contributed by atoms with Gasteiger partial charge in [-0.05, 0) is 125 Å². The molecule has 162 valence electrons. The van der Waals surface area contributed by atoms with E-state index in [1.54, 1.807) is 6.08 Å². The molecular weight excluding hydrogens is 717 g/mol. The van der Waals surface area contributed by atoms with E-state index >= 15 is 0 Å². The Hall–Kier alpha value is -1.49. The topological polar surface area (TPSA) is 47.9 Å².